The van der Waals surface area contributed by atoms with Gasteiger partial charge in [-0.1, -0.05) is 18.2 Å². The maximum Gasteiger partial charge on any atom is 0.227 e. The Morgan fingerprint density at radius 2 is 2.00 bits per heavy atom. The van der Waals surface area contributed by atoms with Gasteiger partial charge in [0, 0.05) is 6.54 Å². The van der Waals surface area contributed by atoms with Crippen LogP contribution in [0.4, 0.5) is 0 Å². The number of nitrogens with zero attached hydrogens (tertiary/aromatic N) is 1. The highest BCUT2D eigenvalue weighted by Gasteiger charge is 2.27. The number of fused-ring (bicyclic) bond motifs is 1. The molecule has 1 aliphatic carbocycles. The van der Waals surface area contributed by atoms with Crippen LogP contribution in [-0.4, -0.2) is 35.1 Å². The second-order valence-corrected chi connectivity index (χ2v) is 6.05. The maximum absolute atomic E-state index is 12.4. The molecule has 1 amide bonds. The van der Waals surface area contributed by atoms with Gasteiger partial charge in [0.2, 0.25) is 5.91 Å². The summed E-state index contributed by atoms with van der Waals surface area (Å²) in [5.74, 6) is 0.164. The van der Waals surface area contributed by atoms with E-state index in [9.17, 15) is 9.90 Å². The van der Waals surface area contributed by atoms with Gasteiger partial charge in [-0.05, 0) is 55.2 Å². The summed E-state index contributed by atoms with van der Waals surface area (Å²) in [5, 5.41) is 9.32. The third kappa shape index (κ3) is 2.73. The van der Waals surface area contributed by atoms with E-state index in [1.165, 1.54) is 30.4 Å². The summed E-state index contributed by atoms with van der Waals surface area (Å²) in [4.78, 5) is 14.2. The van der Waals surface area contributed by atoms with E-state index in [1.54, 1.807) is 0 Å². The number of benzene rings is 1. The van der Waals surface area contributed by atoms with Crippen LogP contribution in [-0.2, 0) is 24.1 Å². The first kappa shape index (κ1) is 13.6. The molecule has 2 aliphatic rings. The second kappa shape index (κ2) is 5.96. The largest absolute Gasteiger partial charge is 0.394 e. The number of likely N-dealkylation sites (tertiary alicyclic amines) is 1. The van der Waals surface area contributed by atoms with E-state index in [-0.39, 0.29) is 18.6 Å². The number of aliphatic hydroxyl groups excluding tert-OH is 1. The van der Waals surface area contributed by atoms with Crippen LogP contribution in [0, 0.1) is 0 Å². The Kier molecular flexibility index (Phi) is 4.06. The molecule has 0 unspecified atom stereocenters. The fourth-order valence-corrected chi connectivity index (χ4v) is 3.53. The van der Waals surface area contributed by atoms with Crippen LogP contribution in [0.1, 0.15) is 42.4 Å². The number of rotatable bonds is 3. The lowest BCUT2D eigenvalue weighted by atomic mass is 9.90. The van der Waals surface area contributed by atoms with Gasteiger partial charge in [-0.3, -0.25) is 4.79 Å². The minimum absolute atomic E-state index is 0.0418. The third-order valence-corrected chi connectivity index (χ3v) is 4.68. The van der Waals surface area contributed by atoms with E-state index in [2.05, 4.69) is 18.2 Å². The zero-order valence-corrected chi connectivity index (χ0v) is 12.0. The lowest BCUT2D eigenvalue weighted by Gasteiger charge is -2.23. The van der Waals surface area contributed by atoms with E-state index in [0.717, 1.165) is 31.4 Å². The number of hydrogen-bond donors (Lipinski definition) is 1. The van der Waals surface area contributed by atoms with Crippen molar-refractivity contribution in [2.45, 2.75) is 51.0 Å². The minimum Gasteiger partial charge on any atom is -0.394 e. The van der Waals surface area contributed by atoms with E-state index in [0.29, 0.717) is 6.42 Å². The number of amides is 1. The number of hydrogen-bond acceptors (Lipinski definition) is 2. The molecule has 1 aromatic rings. The van der Waals surface area contributed by atoms with Gasteiger partial charge < -0.3 is 10.0 Å². The molecular formula is C17H23NO2. The lowest BCUT2D eigenvalue weighted by molar-refractivity contribution is -0.131. The topological polar surface area (TPSA) is 40.5 Å². The van der Waals surface area contributed by atoms with Crippen molar-refractivity contribution >= 4 is 5.91 Å². The maximum atomic E-state index is 12.4. The monoisotopic (exact) mass is 273 g/mol. The standard InChI is InChI=1S/C17H23NO2/c19-12-16-6-3-9-18(16)17(20)11-13-7-8-14-4-1-2-5-15(14)10-13/h7-8,10,16,19H,1-6,9,11-12H2/t16-/m0/s1. The Bertz CT molecular complexity index is 498. The molecule has 1 atom stereocenters. The van der Waals surface area contributed by atoms with Gasteiger partial charge in [-0.25, -0.2) is 0 Å². The summed E-state index contributed by atoms with van der Waals surface area (Å²) in [5.41, 5.74) is 4.02. The highest BCUT2D eigenvalue weighted by atomic mass is 16.3. The Balaban J connectivity index is 1.69. The van der Waals surface area contributed by atoms with E-state index < -0.39 is 0 Å². The summed E-state index contributed by atoms with van der Waals surface area (Å²) in [6, 6.07) is 6.56. The smallest absolute Gasteiger partial charge is 0.227 e. The van der Waals surface area contributed by atoms with Crippen molar-refractivity contribution < 1.29 is 9.90 Å². The predicted molar refractivity (Wildman–Crippen MR) is 78.6 cm³/mol. The van der Waals surface area contributed by atoms with Crippen molar-refractivity contribution in [1.29, 1.82) is 0 Å². The molecule has 0 radical (unpaired) electrons. The Morgan fingerprint density at radius 1 is 1.20 bits per heavy atom. The number of aliphatic hydroxyl groups is 1. The van der Waals surface area contributed by atoms with E-state index >= 15 is 0 Å². The summed E-state index contributed by atoms with van der Waals surface area (Å²) in [7, 11) is 0. The molecule has 3 rings (SSSR count). The van der Waals surface area contributed by atoms with Gasteiger partial charge in [-0.15, -0.1) is 0 Å². The number of aryl methyl sites for hydroxylation is 2. The van der Waals surface area contributed by atoms with Gasteiger partial charge in [-0.2, -0.15) is 0 Å². The zero-order valence-electron chi connectivity index (χ0n) is 12.0. The minimum atomic E-state index is 0.0418. The van der Waals surface area contributed by atoms with Crippen LogP contribution in [0.25, 0.3) is 0 Å². The SMILES string of the molecule is O=C(Cc1ccc2c(c1)CCCC2)N1CCC[C@H]1CO. The van der Waals surface area contributed by atoms with E-state index in [4.69, 9.17) is 0 Å². The molecule has 1 aliphatic heterocycles. The molecule has 0 saturated carbocycles. The van der Waals surface area contributed by atoms with Gasteiger partial charge in [0.15, 0.2) is 0 Å². The van der Waals surface area contributed by atoms with Gasteiger partial charge in [0.1, 0.15) is 0 Å². The van der Waals surface area contributed by atoms with Gasteiger partial charge in [0.05, 0.1) is 19.1 Å². The third-order valence-electron chi connectivity index (χ3n) is 4.68. The van der Waals surface area contributed by atoms with Gasteiger partial charge >= 0.3 is 0 Å². The average molecular weight is 273 g/mol. The summed E-state index contributed by atoms with van der Waals surface area (Å²) in [6.07, 6.45) is 7.32. The fourth-order valence-electron chi connectivity index (χ4n) is 3.53. The molecule has 3 nitrogen and oxygen atoms in total. The molecule has 1 fully saturated rings. The van der Waals surface area contributed by atoms with Crippen LogP contribution in [0.15, 0.2) is 18.2 Å². The fraction of sp³-hybridized carbons (Fsp3) is 0.588. The first-order chi connectivity index (χ1) is 9.78. The van der Waals surface area contributed by atoms with Crippen LogP contribution >= 0.6 is 0 Å². The molecule has 1 saturated heterocycles. The molecule has 1 heterocycles. The normalized spacial score (nSPS) is 21.9. The highest BCUT2D eigenvalue weighted by molar-refractivity contribution is 5.79. The summed E-state index contributed by atoms with van der Waals surface area (Å²) >= 11 is 0. The molecule has 1 N–H and O–H groups in total. The molecule has 3 heteroatoms. The number of carbonyl (C=O) groups excluding carboxylic acids is 1. The molecule has 1 aromatic carbocycles. The van der Waals surface area contributed by atoms with Crippen molar-refractivity contribution in [2.24, 2.45) is 0 Å². The molecule has 0 bridgehead atoms. The van der Waals surface area contributed by atoms with Crippen molar-refractivity contribution in [1.82, 2.24) is 4.90 Å². The van der Waals surface area contributed by atoms with Crippen molar-refractivity contribution in [3.05, 3.63) is 34.9 Å². The molecule has 0 spiro atoms. The second-order valence-electron chi connectivity index (χ2n) is 6.05. The molecular weight excluding hydrogens is 250 g/mol. The number of carbonyl (C=O) groups is 1. The van der Waals surface area contributed by atoms with Crippen molar-refractivity contribution in [3.8, 4) is 0 Å². The van der Waals surface area contributed by atoms with Crippen LogP contribution < -0.4 is 0 Å². The van der Waals surface area contributed by atoms with Crippen LogP contribution in [0.3, 0.4) is 0 Å². The summed E-state index contributed by atoms with van der Waals surface area (Å²) in [6.45, 7) is 0.894. The predicted octanol–water partition coefficient (Wildman–Crippen LogP) is 2.09. The molecule has 0 aromatic heterocycles. The Hall–Kier alpha value is -1.35. The molecule has 20 heavy (non-hydrogen) atoms. The van der Waals surface area contributed by atoms with Crippen LogP contribution in [0.5, 0.6) is 0 Å². The van der Waals surface area contributed by atoms with E-state index in [1.807, 2.05) is 4.90 Å². The first-order valence-electron chi connectivity index (χ1n) is 7.79. The van der Waals surface area contributed by atoms with Gasteiger partial charge in [0.25, 0.3) is 0 Å². The Labute approximate surface area is 120 Å². The van der Waals surface area contributed by atoms with Crippen LogP contribution in [0.2, 0.25) is 0 Å². The highest BCUT2D eigenvalue weighted by Crippen LogP contribution is 2.23. The van der Waals surface area contributed by atoms with Crippen molar-refractivity contribution in [2.75, 3.05) is 13.2 Å². The summed E-state index contributed by atoms with van der Waals surface area (Å²) < 4.78 is 0. The Morgan fingerprint density at radius 3 is 2.80 bits per heavy atom. The molecule has 108 valence electrons. The zero-order chi connectivity index (χ0) is 13.9. The average Bonchev–Trinajstić information content (AvgIpc) is 2.95. The quantitative estimate of drug-likeness (QED) is 0.916. The first-order valence-corrected chi connectivity index (χ1v) is 7.79. The van der Waals surface area contributed by atoms with Crippen molar-refractivity contribution in [3.63, 3.8) is 0 Å². The lowest BCUT2D eigenvalue weighted by Crippen LogP contribution is -2.38.